The Morgan fingerprint density at radius 2 is 2.12 bits per heavy atom. The summed E-state index contributed by atoms with van der Waals surface area (Å²) in [5.74, 6) is 1.13. The van der Waals surface area contributed by atoms with Gasteiger partial charge in [0.05, 0.1) is 6.54 Å². The minimum absolute atomic E-state index is 0.584. The fraction of sp³-hybridized carbons (Fsp3) is 0.308. The number of rotatable bonds is 2. The number of nitrogens with zero attached hydrogens (tertiary/aromatic N) is 3. The maximum atomic E-state index is 5.78. The molecule has 0 aliphatic carbocycles. The Bertz CT molecular complexity index is 518. The molecule has 0 unspecified atom stereocenters. The molecule has 3 rings (SSSR count). The van der Waals surface area contributed by atoms with E-state index < -0.39 is 0 Å². The van der Waals surface area contributed by atoms with Crippen LogP contribution < -0.4 is 10.6 Å². The van der Waals surface area contributed by atoms with Gasteiger partial charge in [-0.15, -0.1) is 0 Å². The number of anilines is 1. The van der Waals surface area contributed by atoms with Gasteiger partial charge in [-0.25, -0.2) is 4.98 Å². The number of nitrogens with two attached hydrogens (primary N) is 1. The van der Waals surface area contributed by atoms with Crippen LogP contribution in [0.2, 0.25) is 0 Å². The summed E-state index contributed by atoms with van der Waals surface area (Å²) in [5, 5.41) is 0. The third-order valence-electron chi connectivity index (χ3n) is 3.30. The third-order valence-corrected chi connectivity index (χ3v) is 3.30. The molecule has 0 amide bonds. The molecule has 0 saturated heterocycles. The van der Waals surface area contributed by atoms with Crippen LogP contribution in [0.15, 0.2) is 36.7 Å². The summed E-state index contributed by atoms with van der Waals surface area (Å²) in [4.78, 5) is 6.73. The molecule has 1 aromatic heterocycles. The lowest BCUT2D eigenvalue weighted by atomic mass is 10.1. The molecule has 4 heteroatoms. The molecule has 0 bridgehead atoms. The first kappa shape index (κ1) is 10.4. The van der Waals surface area contributed by atoms with Crippen LogP contribution in [0.3, 0.4) is 0 Å². The van der Waals surface area contributed by atoms with Crippen molar-refractivity contribution in [1.82, 2.24) is 9.55 Å². The van der Waals surface area contributed by atoms with E-state index in [4.69, 9.17) is 5.73 Å². The molecule has 88 valence electrons. The van der Waals surface area contributed by atoms with Crippen molar-refractivity contribution < 1.29 is 0 Å². The Balaban J connectivity index is 1.91. The predicted molar refractivity (Wildman–Crippen MR) is 67.6 cm³/mol. The van der Waals surface area contributed by atoms with Gasteiger partial charge in [0, 0.05) is 37.7 Å². The highest BCUT2D eigenvalue weighted by molar-refractivity contribution is 5.54. The highest BCUT2D eigenvalue weighted by Gasteiger charge is 2.18. The monoisotopic (exact) mass is 228 g/mol. The first-order valence-electron chi connectivity index (χ1n) is 5.91. The average molecular weight is 228 g/mol. The van der Waals surface area contributed by atoms with Crippen molar-refractivity contribution in [3.05, 3.63) is 48.0 Å². The number of para-hydroxylation sites is 1. The maximum absolute atomic E-state index is 5.78. The van der Waals surface area contributed by atoms with Gasteiger partial charge in [0.15, 0.2) is 0 Å². The molecule has 17 heavy (non-hydrogen) atoms. The van der Waals surface area contributed by atoms with Crippen molar-refractivity contribution in [2.45, 2.75) is 19.6 Å². The molecule has 0 saturated carbocycles. The Morgan fingerprint density at radius 1 is 1.24 bits per heavy atom. The van der Waals surface area contributed by atoms with E-state index in [0.29, 0.717) is 6.54 Å². The molecule has 0 fully saturated rings. The normalized spacial score (nSPS) is 14.8. The Labute approximate surface area is 101 Å². The minimum atomic E-state index is 0.584. The zero-order valence-corrected chi connectivity index (χ0v) is 9.71. The quantitative estimate of drug-likeness (QED) is 0.844. The molecule has 1 aliphatic rings. The maximum Gasteiger partial charge on any atom is 0.128 e. The van der Waals surface area contributed by atoms with Crippen molar-refractivity contribution in [2.24, 2.45) is 5.73 Å². The summed E-state index contributed by atoms with van der Waals surface area (Å²) >= 11 is 0. The summed E-state index contributed by atoms with van der Waals surface area (Å²) in [6.45, 7) is 3.46. The molecule has 1 aliphatic heterocycles. The third kappa shape index (κ3) is 1.80. The molecule has 2 heterocycles. The second-order valence-corrected chi connectivity index (χ2v) is 4.29. The van der Waals surface area contributed by atoms with E-state index in [1.165, 1.54) is 11.3 Å². The lowest BCUT2D eigenvalue weighted by Crippen LogP contribution is -2.34. The largest absolute Gasteiger partial charge is 0.362 e. The van der Waals surface area contributed by atoms with Crippen LogP contribution in [0.5, 0.6) is 0 Å². The second kappa shape index (κ2) is 4.22. The van der Waals surface area contributed by atoms with E-state index in [1.54, 1.807) is 0 Å². The smallest absolute Gasteiger partial charge is 0.128 e. The lowest BCUT2D eigenvalue weighted by Gasteiger charge is -2.31. The molecular weight excluding hydrogens is 212 g/mol. The van der Waals surface area contributed by atoms with Gasteiger partial charge in [0.2, 0.25) is 0 Å². The van der Waals surface area contributed by atoms with Gasteiger partial charge in [-0.2, -0.15) is 0 Å². The van der Waals surface area contributed by atoms with Gasteiger partial charge < -0.3 is 15.2 Å². The van der Waals surface area contributed by atoms with Gasteiger partial charge >= 0.3 is 0 Å². The van der Waals surface area contributed by atoms with E-state index in [2.05, 4.69) is 32.7 Å². The van der Waals surface area contributed by atoms with Crippen molar-refractivity contribution >= 4 is 5.69 Å². The van der Waals surface area contributed by atoms with Crippen LogP contribution in [0.1, 0.15) is 11.4 Å². The van der Waals surface area contributed by atoms with E-state index in [1.807, 2.05) is 18.5 Å². The lowest BCUT2D eigenvalue weighted by molar-refractivity contribution is 0.559. The van der Waals surface area contributed by atoms with Crippen molar-refractivity contribution in [2.75, 3.05) is 11.4 Å². The Hall–Kier alpha value is -1.81. The first-order valence-corrected chi connectivity index (χ1v) is 5.91. The summed E-state index contributed by atoms with van der Waals surface area (Å²) < 4.78 is 2.21. The minimum Gasteiger partial charge on any atom is -0.362 e. The first-order chi connectivity index (χ1) is 8.38. The molecule has 0 radical (unpaired) electrons. The highest BCUT2D eigenvalue weighted by atomic mass is 15.2. The topological polar surface area (TPSA) is 47.1 Å². The zero-order chi connectivity index (χ0) is 11.7. The van der Waals surface area contributed by atoms with E-state index >= 15 is 0 Å². The van der Waals surface area contributed by atoms with Crippen LogP contribution in [-0.4, -0.2) is 16.1 Å². The Kier molecular flexibility index (Phi) is 2.57. The van der Waals surface area contributed by atoms with Gasteiger partial charge in [0.25, 0.3) is 0 Å². The van der Waals surface area contributed by atoms with Crippen molar-refractivity contribution in [3.8, 4) is 0 Å². The molecule has 1 aromatic carbocycles. The van der Waals surface area contributed by atoms with Crippen LogP contribution >= 0.6 is 0 Å². The van der Waals surface area contributed by atoms with Gasteiger partial charge in [-0.1, -0.05) is 18.2 Å². The van der Waals surface area contributed by atoms with E-state index in [0.717, 1.165) is 25.5 Å². The number of aromatic nitrogens is 2. The number of benzene rings is 1. The van der Waals surface area contributed by atoms with Crippen molar-refractivity contribution in [1.29, 1.82) is 0 Å². The van der Waals surface area contributed by atoms with Crippen LogP contribution in [0.25, 0.3) is 0 Å². The average Bonchev–Trinajstić information content (AvgIpc) is 2.85. The number of hydrogen-bond donors (Lipinski definition) is 1. The van der Waals surface area contributed by atoms with Gasteiger partial charge in [0.1, 0.15) is 5.82 Å². The Morgan fingerprint density at radius 3 is 3.00 bits per heavy atom. The summed E-state index contributed by atoms with van der Waals surface area (Å²) in [5.41, 5.74) is 8.23. The van der Waals surface area contributed by atoms with Crippen LogP contribution in [-0.2, 0) is 19.6 Å². The van der Waals surface area contributed by atoms with Gasteiger partial charge in [-0.05, 0) is 11.6 Å². The van der Waals surface area contributed by atoms with Gasteiger partial charge in [-0.3, -0.25) is 0 Å². The number of imidazole rings is 1. The summed E-state index contributed by atoms with van der Waals surface area (Å²) in [6.07, 6.45) is 3.91. The summed E-state index contributed by atoms with van der Waals surface area (Å²) in [6, 6.07) is 8.34. The SMILES string of the molecule is NCc1ccccc1N1CCn2ccnc2C1. The highest BCUT2D eigenvalue weighted by Crippen LogP contribution is 2.23. The second-order valence-electron chi connectivity index (χ2n) is 4.29. The molecule has 2 N–H and O–H groups in total. The molecule has 0 atom stereocenters. The molecule has 2 aromatic rings. The molecular formula is C13H16N4. The zero-order valence-electron chi connectivity index (χ0n) is 9.71. The fourth-order valence-electron chi connectivity index (χ4n) is 2.37. The van der Waals surface area contributed by atoms with Crippen LogP contribution in [0.4, 0.5) is 5.69 Å². The fourth-order valence-corrected chi connectivity index (χ4v) is 2.37. The van der Waals surface area contributed by atoms with Crippen LogP contribution in [0, 0.1) is 0 Å². The predicted octanol–water partition coefficient (Wildman–Crippen LogP) is 1.36. The van der Waals surface area contributed by atoms with Crippen molar-refractivity contribution in [3.63, 3.8) is 0 Å². The number of hydrogen-bond acceptors (Lipinski definition) is 3. The van der Waals surface area contributed by atoms with E-state index in [-0.39, 0.29) is 0 Å². The standard InChI is InChI=1S/C13H16N4/c14-9-11-3-1-2-4-12(11)17-8-7-16-6-5-15-13(16)10-17/h1-6H,7-10,14H2. The van der Waals surface area contributed by atoms with E-state index in [9.17, 15) is 0 Å². The summed E-state index contributed by atoms with van der Waals surface area (Å²) in [7, 11) is 0. The number of fused-ring (bicyclic) bond motifs is 1. The molecule has 4 nitrogen and oxygen atoms in total. The molecule has 0 spiro atoms.